The molecular formula is C27H35N7O3S. The molecule has 2 aliphatic rings. The van der Waals surface area contributed by atoms with Crippen molar-refractivity contribution in [2.75, 3.05) is 62.1 Å². The molecule has 0 saturated carbocycles. The highest BCUT2D eigenvalue weighted by Crippen LogP contribution is 2.32. The number of aryl methyl sites for hydroxylation is 2. The van der Waals surface area contributed by atoms with Crippen LogP contribution < -0.4 is 15.0 Å². The van der Waals surface area contributed by atoms with Crippen molar-refractivity contribution < 1.29 is 14.3 Å². The number of rotatable bonds is 9. The fraction of sp³-hybridized carbons (Fsp3) is 0.519. The smallest absolute Gasteiger partial charge is 0.328 e. The number of hydrogen-bond donors (Lipinski definition) is 1. The summed E-state index contributed by atoms with van der Waals surface area (Å²) in [5, 5.41) is 12.4. The van der Waals surface area contributed by atoms with Crippen molar-refractivity contribution in [1.82, 2.24) is 19.8 Å². The van der Waals surface area contributed by atoms with Crippen LogP contribution in [0.15, 0.2) is 18.3 Å². The van der Waals surface area contributed by atoms with Gasteiger partial charge in [0.15, 0.2) is 0 Å². The zero-order chi connectivity index (χ0) is 27.1. The van der Waals surface area contributed by atoms with Gasteiger partial charge in [-0.1, -0.05) is 6.92 Å². The second kappa shape index (κ2) is 12.9. The average molecular weight is 538 g/mol. The van der Waals surface area contributed by atoms with Gasteiger partial charge in [-0.3, -0.25) is 19.9 Å². The number of fused-ring (bicyclic) bond motifs is 1. The number of nitrogens with one attached hydrogen (secondary N) is 1. The third kappa shape index (κ3) is 6.55. The van der Waals surface area contributed by atoms with Crippen LogP contribution in [0.2, 0.25) is 0 Å². The molecule has 202 valence electrons. The minimum Gasteiger partial charge on any atom is -0.481 e. The highest BCUT2D eigenvalue weighted by Gasteiger charge is 2.28. The molecule has 11 heteroatoms. The lowest BCUT2D eigenvalue weighted by atomic mass is 10.0. The second-order valence-corrected chi connectivity index (χ2v) is 10.9. The predicted molar refractivity (Wildman–Crippen MR) is 149 cm³/mol. The SMILES string of the molecule is CCSCCCc1cc(NC(=O)N2CCCc3cc(CN4CCN(C)CC4=O)c(OC)nc32)ncc1C#N. The van der Waals surface area contributed by atoms with Gasteiger partial charge >= 0.3 is 6.03 Å². The van der Waals surface area contributed by atoms with Crippen LogP contribution in [-0.2, 0) is 24.2 Å². The highest BCUT2D eigenvalue weighted by molar-refractivity contribution is 7.99. The first-order valence-corrected chi connectivity index (χ1v) is 14.2. The lowest BCUT2D eigenvalue weighted by Crippen LogP contribution is -2.48. The minimum absolute atomic E-state index is 0.0814. The molecule has 1 N–H and O–H groups in total. The Morgan fingerprint density at radius 2 is 2.11 bits per heavy atom. The number of aromatic nitrogens is 2. The number of carbonyl (C=O) groups excluding carboxylic acids is 2. The van der Waals surface area contributed by atoms with E-state index >= 15 is 0 Å². The molecule has 0 aliphatic carbocycles. The van der Waals surface area contributed by atoms with Crippen molar-refractivity contribution >= 4 is 35.3 Å². The molecule has 0 unspecified atom stereocenters. The Balaban J connectivity index is 1.51. The van der Waals surface area contributed by atoms with Crippen LogP contribution in [0.1, 0.15) is 42.0 Å². The van der Waals surface area contributed by atoms with Gasteiger partial charge in [0.2, 0.25) is 11.8 Å². The standard InChI is InChI=1S/C27H35N7O3S/c1-4-38-12-6-8-19-14-23(29-16-22(19)15-28)30-27(36)34-9-5-7-20-13-21(26(37-3)31-25(20)34)17-33-11-10-32(2)18-24(33)35/h13-14,16H,4-12,17-18H2,1-3H3,(H,29,30,36). The number of methoxy groups -OCH3 is 1. The number of ether oxygens (including phenoxy) is 1. The number of nitriles is 1. The molecule has 1 fully saturated rings. The molecule has 0 spiro atoms. The molecule has 2 aromatic heterocycles. The van der Waals surface area contributed by atoms with E-state index in [2.05, 4.69) is 23.3 Å². The molecular weight excluding hydrogens is 502 g/mol. The Morgan fingerprint density at radius 3 is 2.84 bits per heavy atom. The van der Waals surface area contributed by atoms with Gasteiger partial charge in [0.25, 0.3) is 0 Å². The molecule has 1 saturated heterocycles. The van der Waals surface area contributed by atoms with Crippen molar-refractivity contribution in [2.45, 2.75) is 39.2 Å². The number of piperazine rings is 1. The third-order valence-corrected chi connectivity index (χ3v) is 7.78. The Kier molecular flexibility index (Phi) is 9.42. The van der Waals surface area contributed by atoms with Gasteiger partial charge in [0, 0.05) is 31.4 Å². The fourth-order valence-electron chi connectivity index (χ4n) is 4.77. The second-order valence-electron chi connectivity index (χ2n) is 9.52. The van der Waals surface area contributed by atoms with Gasteiger partial charge in [-0.05, 0) is 67.5 Å². The van der Waals surface area contributed by atoms with Gasteiger partial charge in [-0.15, -0.1) is 0 Å². The first-order chi connectivity index (χ1) is 18.4. The molecule has 4 heterocycles. The summed E-state index contributed by atoms with van der Waals surface area (Å²) in [7, 11) is 3.50. The summed E-state index contributed by atoms with van der Waals surface area (Å²) in [6.45, 7) is 4.95. The number of urea groups is 1. The summed E-state index contributed by atoms with van der Waals surface area (Å²) < 4.78 is 5.59. The van der Waals surface area contributed by atoms with Crippen molar-refractivity contribution in [3.63, 3.8) is 0 Å². The summed E-state index contributed by atoms with van der Waals surface area (Å²) in [6.07, 6.45) is 4.81. The number of pyridine rings is 2. The van der Waals surface area contributed by atoms with E-state index in [0.717, 1.165) is 60.4 Å². The zero-order valence-electron chi connectivity index (χ0n) is 22.3. The number of amides is 3. The maximum atomic E-state index is 13.3. The van der Waals surface area contributed by atoms with E-state index in [1.54, 1.807) is 18.1 Å². The quantitative estimate of drug-likeness (QED) is 0.485. The summed E-state index contributed by atoms with van der Waals surface area (Å²) in [6, 6.07) is 5.68. The van der Waals surface area contributed by atoms with Crippen LogP contribution in [0.4, 0.5) is 16.4 Å². The van der Waals surface area contributed by atoms with Crippen LogP contribution in [0.3, 0.4) is 0 Å². The molecule has 2 aromatic rings. The van der Waals surface area contributed by atoms with Crippen molar-refractivity contribution in [1.29, 1.82) is 5.26 Å². The third-order valence-electron chi connectivity index (χ3n) is 6.79. The van der Waals surface area contributed by atoms with E-state index in [1.165, 1.54) is 6.20 Å². The van der Waals surface area contributed by atoms with E-state index in [-0.39, 0.29) is 11.9 Å². The predicted octanol–water partition coefficient (Wildman–Crippen LogP) is 3.30. The van der Waals surface area contributed by atoms with Gasteiger partial charge in [0.05, 0.1) is 25.8 Å². The molecule has 0 radical (unpaired) electrons. The van der Waals surface area contributed by atoms with Crippen LogP contribution in [0, 0.1) is 11.3 Å². The molecule has 0 bridgehead atoms. The molecule has 4 rings (SSSR count). The molecule has 0 atom stereocenters. The van der Waals surface area contributed by atoms with E-state index < -0.39 is 0 Å². The summed E-state index contributed by atoms with van der Waals surface area (Å²) in [4.78, 5) is 40.3. The molecule has 3 amide bonds. The van der Waals surface area contributed by atoms with Crippen molar-refractivity contribution in [3.8, 4) is 11.9 Å². The van der Waals surface area contributed by atoms with Crippen molar-refractivity contribution in [2.24, 2.45) is 0 Å². The number of hydrogen-bond acceptors (Lipinski definition) is 8. The van der Waals surface area contributed by atoms with Gasteiger partial charge in [-0.25, -0.2) is 9.78 Å². The number of nitrogens with zero attached hydrogens (tertiary/aromatic N) is 6. The first kappa shape index (κ1) is 27.7. The summed E-state index contributed by atoms with van der Waals surface area (Å²) >= 11 is 1.87. The van der Waals surface area contributed by atoms with Gasteiger partial charge < -0.3 is 9.64 Å². The molecule has 10 nitrogen and oxygen atoms in total. The van der Waals surface area contributed by atoms with Crippen molar-refractivity contribution in [3.05, 3.63) is 40.6 Å². The lowest BCUT2D eigenvalue weighted by Gasteiger charge is -2.33. The van der Waals surface area contributed by atoms with E-state index in [0.29, 0.717) is 49.3 Å². The maximum Gasteiger partial charge on any atom is 0.328 e. The van der Waals surface area contributed by atoms with Crippen LogP contribution in [-0.4, -0.2) is 83.5 Å². The largest absolute Gasteiger partial charge is 0.481 e. The lowest BCUT2D eigenvalue weighted by molar-refractivity contribution is -0.136. The molecule has 0 aromatic carbocycles. The fourth-order valence-corrected chi connectivity index (χ4v) is 5.41. The number of thioether (sulfide) groups is 1. The summed E-state index contributed by atoms with van der Waals surface area (Å²) in [5.74, 6) is 3.56. The van der Waals surface area contributed by atoms with Crippen LogP contribution in [0.5, 0.6) is 5.88 Å². The van der Waals surface area contributed by atoms with Crippen LogP contribution >= 0.6 is 11.8 Å². The van der Waals surface area contributed by atoms with E-state index in [9.17, 15) is 14.9 Å². The number of anilines is 2. The Labute approximate surface area is 228 Å². The van der Waals surface area contributed by atoms with Crippen LogP contribution in [0.25, 0.3) is 0 Å². The average Bonchev–Trinajstić information content (AvgIpc) is 2.92. The molecule has 2 aliphatic heterocycles. The Morgan fingerprint density at radius 1 is 1.26 bits per heavy atom. The normalized spacial score (nSPS) is 15.7. The summed E-state index contributed by atoms with van der Waals surface area (Å²) in [5.41, 5.74) is 3.21. The number of likely N-dealkylation sites (N-methyl/N-ethyl adjacent to an activating group) is 1. The Bertz CT molecular complexity index is 1220. The molecule has 38 heavy (non-hydrogen) atoms. The van der Waals surface area contributed by atoms with Gasteiger partial charge in [-0.2, -0.15) is 22.0 Å². The van der Waals surface area contributed by atoms with E-state index in [1.807, 2.05) is 34.7 Å². The first-order valence-electron chi connectivity index (χ1n) is 13.0. The minimum atomic E-state index is -0.327. The zero-order valence-corrected chi connectivity index (χ0v) is 23.1. The highest BCUT2D eigenvalue weighted by atomic mass is 32.2. The number of carbonyl (C=O) groups is 2. The monoisotopic (exact) mass is 537 g/mol. The maximum absolute atomic E-state index is 13.3. The van der Waals surface area contributed by atoms with Gasteiger partial charge in [0.1, 0.15) is 17.7 Å². The topological polar surface area (TPSA) is 115 Å². The van der Waals surface area contributed by atoms with E-state index in [4.69, 9.17) is 9.72 Å². The Hall–Kier alpha value is -3.36.